The summed E-state index contributed by atoms with van der Waals surface area (Å²) in [4.78, 5) is 42.8. The molecule has 0 atom stereocenters. The molecule has 2 N–H and O–H groups in total. The number of amides is 4. The second kappa shape index (κ2) is 11.7. The molecule has 0 saturated carbocycles. The fourth-order valence-electron chi connectivity index (χ4n) is 3.59. The molecule has 1 heterocycles. The molecule has 0 aliphatic carbocycles. The van der Waals surface area contributed by atoms with Gasteiger partial charge in [-0.25, -0.2) is 4.79 Å². The zero-order chi connectivity index (χ0) is 24.6. The summed E-state index contributed by atoms with van der Waals surface area (Å²) in [6.07, 6.45) is 2.04. The van der Waals surface area contributed by atoms with Crippen LogP contribution in [0.5, 0.6) is 0 Å². The Bertz CT molecular complexity index is 821. The van der Waals surface area contributed by atoms with E-state index in [-0.39, 0.29) is 35.8 Å². The van der Waals surface area contributed by atoms with Crippen molar-refractivity contribution in [3.8, 4) is 0 Å². The van der Waals surface area contributed by atoms with Gasteiger partial charge in [0.15, 0.2) is 0 Å². The van der Waals surface area contributed by atoms with Crippen molar-refractivity contribution < 1.29 is 14.4 Å². The standard InChI is InChI=1S/C25H39N5O3/c1-7-12-30(23(32)17-19(2)3)18-22(31)26-20-8-10-21(11-9-20)28-13-15-29(16-14-28)24(33)27-25(4,5)6/h7-11,19H,1,12-18H2,2-6H3,(H,26,31)(H,27,33). The van der Waals surface area contributed by atoms with Crippen LogP contribution in [-0.2, 0) is 9.59 Å². The summed E-state index contributed by atoms with van der Waals surface area (Å²) in [5.74, 6) is -0.0546. The fourth-order valence-corrected chi connectivity index (χ4v) is 3.59. The van der Waals surface area contributed by atoms with Crippen LogP contribution in [0.2, 0.25) is 0 Å². The Labute approximate surface area is 198 Å². The Morgan fingerprint density at radius 1 is 1.09 bits per heavy atom. The topological polar surface area (TPSA) is 85.0 Å². The average molecular weight is 458 g/mol. The van der Waals surface area contributed by atoms with Gasteiger partial charge in [-0.1, -0.05) is 19.9 Å². The van der Waals surface area contributed by atoms with Gasteiger partial charge in [-0.2, -0.15) is 0 Å². The lowest BCUT2D eigenvalue weighted by Gasteiger charge is -2.37. The Balaban J connectivity index is 1.87. The Hall–Kier alpha value is -3.03. The highest BCUT2D eigenvalue weighted by Gasteiger charge is 2.24. The van der Waals surface area contributed by atoms with Crippen LogP contribution < -0.4 is 15.5 Å². The van der Waals surface area contributed by atoms with Crippen molar-refractivity contribution in [2.45, 2.75) is 46.6 Å². The molecular formula is C25H39N5O3. The monoisotopic (exact) mass is 457 g/mol. The van der Waals surface area contributed by atoms with E-state index in [1.807, 2.05) is 63.8 Å². The van der Waals surface area contributed by atoms with Crippen molar-refractivity contribution in [3.05, 3.63) is 36.9 Å². The van der Waals surface area contributed by atoms with E-state index in [4.69, 9.17) is 0 Å². The second-order valence-corrected chi connectivity index (χ2v) is 9.91. The highest BCUT2D eigenvalue weighted by Crippen LogP contribution is 2.20. The van der Waals surface area contributed by atoms with Crippen LogP contribution in [0.15, 0.2) is 36.9 Å². The van der Waals surface area contributed by atoms with Crippen molar-refractivity contribution in [1.29, 1.82) is 0 Å². The molecule has 0 aromatic heterocycles. The number of benzene rings is 1. The van der Waals surface area contributed by atoms with Crippen LogP contribution in [0.25, 0.3) is 0 Å². The highest BCUT2D eigenvalue weighted by molar-refractivity contribution is 5.94. The Morgan fingerprint density at radius 2 is 1.70 bits per heavy atom. The van der Waals surface area contributed by atoms with E-state index in [0.717, 1.165) is 18.8 Å². The van der Waals surface area contributed by atoms with Gasteiger partial charge in [0.25, 0.3) is 0 Å². The Morgan fingerprint density at radius 3 is 2.21 bits per heavy atom. The molecule has 8 heteroatoms. The summed E-state index contributed by atoms with van der Waals surface area (Å²) in [7, 11) is 0. The van der Waals surface area contributed by atoms with Crippen molar-refractivity contribution in [1.82, 2.24) is 15.1 Å². The van der Waals surface area contributed by atoms with Gasteiger partial charge in [0.05, 0.1) is 0 Å². The normalized spacial score (nSPS) is 14.1. The lowest BCUT2D eigenvalue weighted by molar-refractivity contribution is -0.134. The van der Waals surface area contributed by atoms with Gasteiger partial charge >= 0.3 is 6.03 Å². The van der Waals surface area contributed by atoms with Crippen LogP contribution >= 0.6 is 0 Å². The molecule has 2 rings (SSSR count). The van der Waals surface area contributed by atoms with Gasteiger partial charge in [-0.15, -0.1) is 6.58 Å². The van der Waals surface area contributed by atoms with E-state index in [0.29, 0.717) is 31.7 Å². The first-order chi connectivity index (χ1) is 15.5. The summed E-state index contributed by atoms with van der Waals surface area (Å²) in [6.45, 7) is 16.7. The number of hydrogen-bond acceptors (Lipinski definition) is 4. The molecule has 0 unspecified atom stereocenters. The number of carbonyl (C=O) groups is 3. The number of nitrogens with zero attached hydrogens (tertiary/aromatic N) is 3. The first-order valence-corrected chi connectivity index (χ1v) is 11.6. The van der Waals surface area contributed by atoms with Gasteiger partial charge < -0.3 is 25.3 Å². The molecule has 0 spiro atoms. The molecule has 1 aliphatic rings. The number of nitrogens with one attached hydrogen (secondary N) is 2. The number of carbonyl (C=O) groups excluding carboxylic acids is 3. The quantitative estimate of drug-likeness (QED) is 0.587. The Kier molecular flexibility index (Phi) is 9.32. The summed E-state index contributed by atoms with van der Waals surface area (Å²) < 4.78 is 0. The van der Waals surface area contributed by atoms with Crippen LogP contribution in [-0.4, -0.2) is 72.5 Å². The molecule has 8 nitrogen and oxygen atoms in total. The van der Waals surface area contributed by atoms with E-state index >= 15 is 0 Å². The van der Waals surface area contributed by atoms with Gasteiger partial charge in [-0.3, -0.25) is 9.59 Å². The average Bonchev–Trinajstić information content (AvgIpc) is 2.72. The maximum Gasteiger partial charge on any atom is 0.317 e. The fraction of sp³-hybridized carbons (Fsp3) is 0.560. The van der Waals surface area contributed by atoms with Crippen LogP contribution in [0, 0.1) is 5.92 Å². The van der Waals surface area contributed by atoms with E-state index in [1.54, 1.807) is 6.08 Å². The lowest BCUT2D eigenvalue weighted by Crippen LogP contribution is -2.55. The van der Waals surface area contributed by atoms with Crippen LogP contribution in [0.3, 0.4) is 0 Å². The highest BCUT2D eigenvalue weighted by atomic mass is 16.2. The minimum absolute atomic E-state index is 0.00207. The summed E-state index contributed by atoms with van der Waals surface area (Å²) in [6, 6.07) is 7.62. The maximum absolute atomic E-state index is 12.5. The lowest BCUT2D eigenvalue weighted by atomic mass is 10.1. The summed E-state index contributed by atoms with van der Waals surface area (Å²) >= 11 is 0. The summed E-state index contributed by atoms with van der Waals surface area (Å²) in [5, 5.41) is 5.87. The first kappa shape index (κ1) is 26.2. The summed E-state index contributed by atoms with van der Waals surface area (Å²) in [5.41, 5.74) is 1.48. The predicted molar refractivity (Wildman–Crippen MR) is 133 cm³/mol. The maximum atomic E-state index is 12.5. The molecule has 0 radical (unpaired) electrons. The molecule has 1 fully saturated rings. The minimum Gasteiger partial charge on any atom is -0.368 e. The smallest absolute Gasteiger partial charge is 0.317 e. The van der Waals surface area contributed by atoms with Gasteiger partial charge in [0.2, 0.25) is 11.8 Å². The zero-order valence-electron chi connectivity index (χ0n) is 20.7. The minimum atomic E-state index is -0.251. The second-order valence-electron chi connectivity index (χ2n) is 9.91. The molecule has 1 aromatic rings. The van der Waals surface area contributed by atoms with Crippen molar-refractivity contribution in [2.24, 2.45) is 5.92 Å². The van der Waals surface area contributed by atoms with E-state index in [1.165, 1.54) is 4.90 Å². The predicted octanol–water partition coefficient (Wildman–Crippen LogP) is 3.32. The molecule has 182 valence electrons. The number of piperazine rings is 1. The SMILES string of the molecule is C=CCN(CC(=O)Nc1ccc(N2CCN(C(=O)NC(C)(C)C)CC2)cc1)C(=O)CC(C)C. The van der Waals surface area contributed by atoms with E-state index < -0.39 is 0 Å². The van der Waals surface area contributed by atoms with Crippen molar-refractivity contribution in [2.75, 3.05) is 49.5 Å². The third-order valence-electron chi connectivity index (χ3n) is 5.18. The van der Waals surface area contributed by atoms with Crippen molar-refractivity contribution in [3.63, 3.8) is 0 Å². The molecule has 33 heavy (non-hydrogen) atoms. The van der Waals surface area contributed by atoms with Gasteiger partial charge in [0, 0.05) is 56.1 Å². The van der Waals surface area contributed by atoms with E-state index in [2.05, 4.69) is 22.1 Å². The molecule has 1 aliphatic heterocycles. The zero-order valence-corrected chi connectivity index (χ0v) is 20.7. The molecular weight excluding hydrogens is 418 g/mol. The van der Waals surface area contributed by atoms with Crippen LogP contribution in [0.4, 0.5) is 16.2 Å². The van der Waals surface area contributed by atoms with Gasteiger partial charge in [0.1, 0.15) is 6.54 Å². The van der Waals surface area contributed by atoms with E-state index in [9.17, 15) is 14.4 Å². The first-order valence-electron chi connectivity index (χ1n) is 11.6. The number of rotatable bonds is 8. The largest absolute Gasteiger partial charge is 0.368 e. The molecule has 1 saturated heterocycles. The number of hydrogen-bond donors (Lipinski definition) is 2. The molecule has 4 amide bonds. The third-order valence-corrected chi connectivity index (χ3v) is 5.18. The third kappa shape index (κ3) is 8.79. The van der Waals surface area contributed by atoms with Crippen molar-refractivity contribution >= 4 is 29.2 Å². The number of urea groups is 1. The van der Waals surface area contributed by atoms with Crippen LogP contribution in [0.1, 0.15) is 41.0 Å². The van der Waals surface area contributed by atoms with Gasteiger partial charge in [-0.05, 0) is 51.0 Å². The number of anilines is 2. The molecule has 0 bridgehead atoms. The molecule has 1 aromatic carbocycles.